The average Bonchev–Trinajstić information content (AvgIpc) is 2.80. The molecule has 2 aromatic rings. The van der Waals surface area contributed by atoms with E-state index in [1.807, 2.05) is 6.92 Å². The van der Waals surface area contributed by atoms with Crippen LogP contribution in [0.15, 0.2) is 18.2 Å². The molecule has 2 rings (SSSR count). The zero-order chi connectivity index (χ0) is 13.1. The number of carbonyl (C=O) groups is 1. The maximum Gasteiger partial charge on any atom is 0.257 e. The molecule has 5 nitrogen and oxygen atoms in total. The summed E-state index contributed by atoms with van der Waals surface area (Å²) in [5.41, 5.74) is 5.62. The number of rotatable bonds is 3. The number of nitrogen functional groups attached to an aromatic ring is 1. The van der Waals surface area contributed by atoms with Gasteiger partial charge in [0.05, 0.1) is 5.69 Å². The topological polar surface area (TPSA) is 80.9 Å². The van der Waals surface area contributed by atoms with E-state index >= 15 is 0 Å². The third-order valence-electron chi connectivity index (χ3n) is 2.25. The molecule has 0 saturated carbocycles. The maximum atomic E-state index is 13.0. The van der Waals surface area contributed by atoms with Gasteiger partial charge in [0.25, 0.3) is 5.91 Å². The van der Waals surface area contributed by atoms with Crippen molar-refractivity contribution in [1.29, 1.82) is 0 Å². The van der Waals surface area contributed by atoms with Crippen molar-refractivity contribution in [3.63, 3.8) is 0 Å². The van der Waals surface area contributed by atoms with Crippen LogP contribution in [0.1, 0.15) is 22.3 Å². The second kappa shape index (κ2) is 5.09. The summed E-state index contributed by atoms with van der Waals surface area (Å²) >= 11 is 1.30. The second-order valence-electron chi connectivity index (χ2n) is 3.54. The summed E-state index contributed by atoms with van der Waals surface area (Å²) < 4.78 is 13.0. The summed E-state index contributed by atoms with van der Waals surface area (Å²) in [7, 11) is 0. The summed E-state index contributed by atoms with van der Waals surface area (Å²) in [5, 5.41) is 11.5. The Labute approximate surface area is 107 Å². The number of nitrogens with two attached hydrogens (primary N) is 1. The van der Waals surface area contributed by atoms with E-state index in [0.29, 0.717) is 5.13 Å². The second-order valence-corrected chi connectivity index (χ2v) is 4.61. The number of hydrogen-bond acceptors (Lipinski definition) is 5. The number of benzene rings is 1. The standard InChI is InChI=1S/C11H11FN4OS/c1-2-9-15-16-11(18-9)14-10(17)6-3-4-7(12)8(13)5-6/h3-5H,2,13H2,1H3,(H,14,16,17). The fraction of sp³-hybridized carbons (Fsp3) is 0.182. The molecule has 1 amide bonds. The van der Waals surface area contributed by atoms with Gasteiger partial charge in [0.15, 0.2) is 0 Å². The summed E-state index contributed by atoms with van der Waals surface area (Å²) in [5.74, 6) is -0.934. The molecule has 0 saturated heterocycles. The largest absolute Gasteiger partial charge is 0.396 e. The van der Waals surface area contributed by atoms with Crippen molar-refractivity contribution in [1.82, 2.24) is 10.2 Å². The average molecular weight is 266 g/mol. The summed E-state index contributed by atoms with van der Waals surface area (Å²) in [4.78, 5) is 11.8. The van der Waals surface area contributed by atoms with Gasteiger partial charge in [0, 0.05) is 5.56 Å². The maximum absolute atomic E-state index is 13.0. The van der Waals surface area contributed by atoms with Gasteiger partial charge in [-0.15, -0.1) is 10.2 Å². The number of amides is 1. The highest BCUT2D eigenvalue weighted by atomic mass is 32.1. The highest BCUT2D eigenvalue weighted by molar-refractivity contribution is 7.15. The van der Waals surface area contributed by atoms with E-state index in [0.717, 1.165) is 17.5 Å². The normalized spacial score (nSPS) is 10.3. The summed E-state index contributed by atoms with van der Waals surface area (Å²) in [6.45, 7) is 1.95. The predicted octanol–water partition coefficient (Wildman–Crippen LogP) is 2.07. The van der Waals surface area contributed by atoms with Crippen LogP contribution in [-0.2, 0) is 6.42 Å². The molecule has 7 heteroatoms. The minimum Gasteiger partial charge on any atom is -0.396 e. The Balaban J connectivity index is 2.14. The Bertz CT molecular complexity index is 584. The zero-order valence-corrected chi connectivity index (χ0v) is 10.4. The van der Waals surface area contributed by atoms with Crippen molar-refractivity contribution in [2.75, 3.05) is 11.1 Å². The molecule has 0 fully saturated rings. The van der Waals surface area contributed by atoms with Crippen molar-refractivity contribution in [2.24, 2.45) is 0 Å². The molecular formula is C11H11FN4OS. The van der Waals surface area contributed by atoms with Gasteiger partial charge < -0.3 is 5.73 Å². The lowest BCUT2D eigenvalue weighted by Gasteiger charge is -2.02. The van der Waals surface area contributed by atoms with Crippen LogP contribution in [0.2, 0.25) is 0 Å². The number of halogens is 1. The van der Waals surface area contributed by atoms with Crippen LogP contribution in [0.4, 0.5) is 15.2 Å². The SMILES string of the molecule is CCc1nnc(NC(=O)c2ccc(F)c(N)c2)s1. The molecule has 3 N–H and O–H groups in total. The van der Waals surface area contributed by atoms with E-state index in [4.69, 9.17) is 5.73 Å². The number of aromatic nitrogens is 2. The number of carbonyl (C=O) groups excluding carboxylic acids is 1. The van der Waals surface area contributed by atoms with Crippen LogP contribution in [0.5, 0.6) is 0 Å². The number of hydrogen-bond donors (Lipinski definition) is 2. The molecule has 0 bridgehead atoms. The fourth-order valence-corrected chi connectivity index (χ4v) is 1.98. The molecule has 18 heavy (non-hydrogen) atoms. The van der Waals surface area contributed by atoms with Crippen molar-refractivity contribution in [2.45, 2.75) is 13.3 Å². The molecule has 1 heterocycles. The van der Waals surface area contributed by atoms with E-state index in [2.05, 4.69) is 15.5 Å². The number of aryl methyl sites for hydroxylation is 1. The van der Waals surface area contributed by atoms with Crippen molar-refractivity contribution in [3.8, 4) is 0 Å². The molecule has 94 valence electrons. The van der Waals surface area contributed by atoms with Crippen LogP contribution in [0.25, 0.3) is 0 Å². The zero-order valence-electron chi connectivity index (χ0n) is 9.61. The Hall–Kier alpha value is -2.02. The molecular weight excluding hydrogens is 255 g/mol. The Morgan fingerprint density at radius 2 is 2.28 bits per heavy atom. The molecule has 0 unspecified atom stereocenters. The van der Waals surface area contributed by atoms with Gasteiger partial charge in [-0.1, -0.05) is 18.3 Å². The Morgan fingerprint density at radius 1 is 1.50 bits per heavy atom. The number of nitrogens with one attached hydrogen (secondary N) is 1. The minimum atomic E-state index is -0.546. The van der Waals surface area contributed by atoms with Crippen molar-refractivity contribution >= 4 is 28.1 Å². The first kappa shape index (κ1) is 12.4. The molecule has 0 aliphatic carbocycles. The monoisotopic (exact) mass is 266 g/mol. The summed E-state index contributed by atoms with van der Waals surface area (Å²) in [6, 6.07) is 3.80. The summed E-state index contributed by atoms with van der Waals surface area (Å²) in [6.07, 6.45) is 0.761. The van der Waals surface area contributed by atoms with E-state index in [9.17, 15) is 9.18 Å². The third kappa shape index (κ3) is 2.62. The lowest BCUT2D eigenvalue weighted by atomic mass is 10.2. The molecule has 1 aromatic heterocycles. The lowest BCUT2D eigenvalue weighted by molar-refractivity contribution is 0.102. The molecule has 0 aliphatic rings. The van der Waals surface area contributed by atoms with Gasteiger partial charge in [-0.2, -0.15) is 0 Å². The van der Waals surface area contributed by atoms with Crippen LogP contribution < -0.4 is 11.1 Å². The van der Waals surface area contributed by atoms with Crippen LogP contribution in [-0.4, -0.2) is 16.1 Å². The van der Waals surface area contributed by atoms with Gasteiger partial charge in [0.1, 0.15) is 10.8 Å². The van der Waals surface area contributed by atoms with E-state index in [1.54, 1.807) is 0 Å². The third-order valence-corrected chi connectivity index (χ3v) is 3.23. The van der Waals surface area contributed by atoms with Crippen LogP contribution in [0.3, 0.4) is 0 Å². The molecule has 1 aromatic carbocycles. The lowest BCUT2D eigenvalue weighted by Crippen LogP contribution is -2.12. The quantitative estimate of drug-likeness (QED) is 0.833. The highest BCUT2D eigenvalue weighted by Gasteiger charge is 2.11. The molecule has 0 aliphatic heterocycles. The Morgan fingerprint density at radius 3 is 2.89 bits per heavy atom. The smallest absolute Gasteiger partial charge is 0.257 e. The highest BCUT2D eigenvalue weighted by Crippen LogP contribution is 2.18. The molecule has 0 radical (unpaired) electrons. The molecule has 0 atom stereocenters. The van der Waals surface area contributed by atoms with E-state index in [-0.39, 0.29) is 17.2 Å². The predicted molar refractivity (Wildman–Crippen MR) is 68.1 cm³/mol. The van der Waals surface area contributed by atoms with Crippen LogP contribution in [0, 0.1) is 5.82 Å². The van der Waals surface area contributed by atoms with Crippen molar-refractivity contribution < 1.29 is 9.18 Å². The van der Waals surface area contributed by atoms with Gasteiger partial charge in [-0.25, -0.2) is 4.39 Å². The minimum absolute atomic E-state index is 0.0610. The first-order valence-corrected chi connectivity index (χ1v) is 6.10. The number of nitrogens with zero attached hydrogens (tertiary/aromatic N) is 2. The Kier molecular flexibility index (Phi) is 3.52. The number of anilines is 2. The molecule has 0 spiro atoms. The van der Waals surface area contributed by atoms with Gasteiger partial charge in [-0.05, 0) is 24.6 Å². The van der Waals surface area contributed by atoms with Gasteiger partial charge in [0.2, 0.25) is 5.13 Å². The van der Waals surface area contributed by atoms with E-state index < -0.39 is 5.82 Å². The first-order chi connectivity index (χ1) is 8.60. The van der Waals surface area contributed by atoms with Crippen molar-refractivity contribution in [3.05, 3.63) is 34.6 Å². The van der Waals surface area contributed by atoms with E-state index in [1.165, 1.54) is 23.5 Å². The van der Waals surface area contributed by atoms with Crippen LogP contribution >= 0.6 is 11.3 Å². The fourth-order valence-electron chi connectivity index (χ4n) is 1.30. The van der Waals surface area contributed by atoms with Gasteiger partial charge in [-0.3, -0.25) is 10.1 Å². The first-order valence-electron chi connectivity index (χ1n) is 5.29. The van der Waals surface area contributed by atoms with Gasteiger partial charge >= 0.3 is 0 Å².